The molecule has 1 fully saturated rings. The number of alkyl halides is 3. The molecule has 2 aromatic heterocycles. The molecular weight excluding hydrogens is 279 g/mol. The molecular formula is C9H8F3N7O. The molecule has 0 amide bonds. The van der Waals surface area contributed by atoms with Gasteiger partial charge in [0.2, 0.25) is 0 Å². The van der Waals surface area contributed by atoms with Crippen LogP contribution in [0.1, 0.15) is 35.2 Å². The highest BCUT2D eigenvalue weighted by molar-refractivity contribution is 5.98. The zero-order valence-electron chi connectivity index (χ0n) is 9.95. The first-order chi connectivity index (χ1) is 9.45. The van der Waals surface area contributed by atoms with E-state index in [-0.39, 0.29) is 12.6 Å². The summed E-state index contributed by atoms with van der Waals surface area (Å²) >= 11 is 0. The number of halogens is 3. The monoisotopic (exact) mass is 287 g/mol. The normalized spacial score (nSPS) is 15.6. The Balaban J connectivity index is 1.77. The van der Waals surface area contributed by atoms with Crippen LogP contribution < -0.4 is 0 Å². The summed E-state index contributed by atoms with van der Waals surface area (Å²) in [6.45, 7) is 0.0572. The highest BCUT2D eigenvalue weighted by Gasteiger charge is 2.41. The number of carbonyl (C=O) groups excluding carboxylic acids is 1. The average molecular weight is 287 g/mol. The number of nitrogens with zero attached hydrogens (tertiary/aromatic N) is 7. The summed E-state index contributed by atoms with van der Waals surface area (Å²) < 4.78 is 39.4. The molecule has 0 spiro atoms. The third kappa shape index (κ3) is 2.38. The predicted molar refractivity (Wildman–Crippen MR) is 55.6 cm³/mol. The third-order valence-corrected chi connectivity index (χ3v) is 2.79. The molecule has 0 radical (unpaired) electrons. The molecule has 0 unspecified atom stereocenters. The van der Waals surface area contributed by atoms with Gasteiger partial charge in [0.05, 0.1) is 12.2 Å². The molecule has 0 saturated heterocycles. The van der Waals surface area contributed by atoms with Gasteiger partial charge in [0.25, 0.3) is 5.78 Å². The standard InChI is InChI=1S/C9H8F3N7O/c10-9(11,12)8(20)6-3-18(16-13-6)4-7-14-15-17-19(7)5-1-2-5/h3,5H,1-2,4H2. The quantitative estimate of drug-likeness (QED) is 0.755. The van der Waals surface area contributed by atoms with Gasteiger partial charge < -0.3 is 0 Å². The number of ketones is 1. The Kier molecular flexibility index (Phi) is 2.76. The van der Waals surface area contributed by atoms with Gasteiger partial charge in [-0.2, -0.15) is 13.2 Å². The van der Waals surface area contributed by atoms with E-state index in [4.69, 9.17) is 0 Å². The summed E-state index contributed by atoms with van der Waals surface area (Å²) in [5.74, 6) is -1.56. The minimum Gasteiger partial charge on any atom is -0.282 e. The zero-order valence-corrected chi connectivity index (χ0v) is 9.95. The highest BCUT2D eigenvalue weighted by Crippen LogP contribution is 2.34. The van der Waals surface area contributed by atoms with E-state index in [0.29, 0.717) is 5.82 Å². The molecule has 0 aromatic carbocycles. The van der Waals surface area contributed by atoms with Gasteiger partial charge in [-0.3, -0.25) is 4.79 Å². The van der Waals surface area contributed by atoms with E-state index < -0.39 is 17.7 Å². The Hall–Kier alpha value is -2.33. The lowest BCUT2D eigenvalue weighted by Crippen LogP contribution is -2.23. The Bertz CT molecular complexity index is 642. The minimum atomic E-state index is -4.96. The van der Waals surface area contributed by atoms with E-state index in [9.17, 15) is 18.0 Å². The number of hydrogen-bond donors (Lipinski definition) is 0. The average Bonchev–Trinajstić information content (AvgIpc) is 2.94. The van der Waals surface area contributed by atoms with Crippen LogP contribution in [0, 0.1) is 0 Å². The maximum Gasteiger partial charge on any atom is 0.456 e. The number of carbonyl (C=O) groups is 1. The van der Waals surface area contributed by atoms with Gasteiger partial charge in [0.15, 0.2) is 11.5 Å². The Morgan fingerprint density at radius 1 is 1.30 bits per heavy atom. The minimum absolute atomic E-state index is 0.0572. The van der Waals surface area contributed by atoms with Crippen LogP contribution in [0.2, 0.25) is 0 Å². The van der Waals surface area contributed by atoms with Gasteiger partial charge in [0.1, 0.15) is 6.54 Å². The van der Waals surface area contributed by atoms with Crippen molar-refractivity contribution in [1.82, 2.24) is 35.2 Å². The first-order valence-corrected chi connectivity index (χ1v) is 5.73. The fourth-order valence-electron chi connectivity index (χ4n) is 1.69. The fourth-order valence-corrected chi connectivity index (χ4v) is 1.69. The summed E-state index contributed by atoms with van der Waals surface area (Å²) in [4.78, 5) is 11.0. The molecule has 2 heterocycles. The number of tetrazole rings is 1. The van der Waals surface area contributed by atoms with Gasteiger partial charge >= 0.3 is 6.18 Å². The molecule has 106 valence electrons. The van der Waals surface area contributed by atoms with Gasteiger partial charge in [-0.1, -0.05) is 5.21 Å². The lowest BCUT2D eigenvalue weighted by molar-refractivity contribution is -0.0888. The van der Waals surface area contributed by atoms with Crippen molar-refractivity contribution in [1.29, 1.82) is 0 Å². The largest absolute Gasteiger partial charge is 0.456 e. The number of hydrogen-bond acceptors (Lipinski definition) is 6. The third-order valence-electron chi connectivity index (χ3n) is 2.79. The van der Waals surface area contributed by atoms with Crippen LogP contribution in [0.15, 0.2) is 6.20 Å². The first kappa shape index (κ1) is 12.7. The van der Waals surface area contributed by atoms with Crippen molar-refractivity contribution in [3.63, 3.8) is 0 Å². The van der Waals surface area contributed by atoms with Crippen molar-refractivity contribution in [3.8, 4) is 0 Å². The van der Waals surface area contributed by atoms with Crippen LogP contribution in [0.5, 0.6) is 0 Å². The summed E-state index contributed by atoms with van der Waals surface area (Å²) in [7, 11) is 0. The molecule has 0 N–H and O–H groups in total. The Morgan fingerprint density at radius 3 is 2.70 bits per heavy atom. The van der Waals surface area contributed by atoms with Crippen molar-refractivity contribution in [3.05, 3.63) is 17.7 Å². The van der Waals surface area contributed by atoms with E-state index in [1.165, 1.54) is 0 Å². The van der Waals surface area contributed by atoms with E-state index >= 15 is 0 Å². The van der Waals surface area contributed by atoms with Crippen molar-refractivity contribution in [2.75, 3.05) is 0 Å². The molecule has 1 aliphatic rings. The summed E-state index contributed by atoms with van der Waals surface area (Å²) in [6.07, 6.45) is -2.10. The van der Waals surface area contributed by atoms with Crippen LogP contribution >= 0.6 is 0 Å². The van der Waals surface area contributed by atoms with E-state index in [0.717, 1.165) is 23.7 Å². The van der Waals surface area contributed by atoms with Crippen molar-refractivity contribution in [2.45, 2.75) is 31.6 Å². The summed E-state index contributed by atoms with van der Waals surface area (Å²) in [6, 6.07) is 0.236. The van der Waals surface area contributed by atoms with E-state index in [1.807, 2.05) is 0 Å². The Labute approximate surface area is 109 Å². The number of rotatable bonds is 4. The lowest BCUT2D eigenvalue weighted by Gasteiger charge is -2.01. The topological polar surface area (TPSA) is 91.4 Å². The molecule has 1 aliphatic carbocycles. The van der Waals surface area contributed by atoms with Crippen molar-refractivity contribution < 1.29 is 18.0 Å². The second kappa shape index (κ2) is 4.35. The van der Waals surface area contributed by atoms with Crippen LogP contribution in [0.3, 0.4) is 0 Å². The Morgan fingerprint density at radius 2 is 2.05 bits per heavy atom. The number of aromatic nitrogens is 7. The first-order valence-electron chi connectivity index (χ1n) is 5.73. The fraction of sp³-hybridized carbons (Fsp3) is 0.556. The molecule has 20 heavy (non-hydrogen) atoms. The van der Waals surface area contributed by atoms with Crippen LogP contribution in [-0.4, -0.2) is 47.2 Å². The maximum absolute atomic E-state index is 12.2. The molecule has 2 aromatic rings. The van der Waals surface area contributed by atoms with Crippen molar-refractivity contribution in [2.24, 2.45) is 0 Å². The van der Waals surface area contributed by atoms with E-state index in [1.54, 1.807) is 4.68 Å². The van der Waals surface area contributed by atoms with Gasteiger partial charge in [0, 0.05) is 0 Å². The molecule has 1 saturated carbocycles. The van der Waals surface area contributed by atoms with Gasteiger partial charge in [-0.05, 0) is 23.3 Å². The number of Topliss-reactive ketones (excluding diaryl/α,β-unsaturated/α-hetero) is 1. The van der Waals surface area contributed by atoms with Crippen LogP contribution in [0.25, 0.3) is 0 Å². The lowest BCUT2D eigenvalue weighted by atomic mass is 10.3. The summed E-state index contributed by atoms with van der Waals surface area (Å²) in [5, 5.41) is 17.8. The zero-order chi connectivity index (χ0) is 14.3. The summed E-state index contributed by atoms with van der Waals surface area (Å²) in [5.41, 5.74) is -0.747. The SMILES string of the molecule is O=C(c1cn(Cc2nnnn2C2CC2)nn1)C(F)(F)F. The van der Waals surface area contributed by atoms with Crippen LogP contribution in [-0.2, 0) is 6.54 Å². The smallest absolute Gasteiger partial charge is 0.282 e. The molecule has 8 nitrogen and oxygen atoms in total. The van der Waals surface area contributed by atoms with Crippen LogP contribution in [0.4, 0.5) is 13.2 Å². The molecule has 3 rings (SSSR count). The second-order valence-electron chi connectivity index (χ2n) is 4.40. The second-order valence-corrected chi connectivity index (χ2v) is 4.40. The predicted octanol–water partition coefficient (Wildman–Crippen LogP) is 0.393. The van der Waals surface area contributed by atoms with Gasteiger partial charge in [-0.15, -0.1) is 10.2 Å². The molecule has 0 bridgehead atoms. The van der Waals surface area contributed by atoms with E-state index in [2.05, 4.69) is 25.8 Å². The molecule has 0 aliphatic heterocycles. The highest BCUT2D eigenvalue weighted by atomic mass is 19.4. The van der Waals surface area contributed by atoms with Gasteiger partial charge in [-0.25, -0.2) is 9.36 Å². The maximum atomic E-state index is 12.2. The van der Waals surface area contributed by atoms with Crippen molar-refractivity contribution >= 4 is 5.78 Å². The molecule has 0 atom stereocenters. The molecule has 11 heteroatoms.